The van der Waals surface area contributed by atoms with Gasteiger partial charge < -0.3 is 15.8 Å². The van der Waals surface area contributed by atoms with Gasteiger partial charge in [0, 0.05) is 17.3 Å². The molecule has 2 heterocycles. The Bertz CT molecular complexity index is 823. The van der Waals surface area contributed by atoms with Crippen molar-refractivity contribution in [2.45, 2.75) is 45.6 Å². The van der Waals surface area contributed by atoms with Crippen LogP contribution in [0.4, 0.5) is 5.69 Å². The maximum absolute atomic E-state index is 12.7. The molecule has 0 saturated heterocycles. The first-order chi connectivity index (χ1) is 13.0. The standard InChI is InChI=1S/C20H27N5O2/c1-10-16(11(2)25-24-10)19-15(27-3)8-14(9-22-19)23-20(26)18(21)17(12-4-5-12)13-6-7-13/h8-9,12-13,17-18H,4-7,21H2,1-3H3,(H,23,26)(H,24,25)/t18-/m0/s1. The number of ether oxygens (including phenoxy) is 1. The van der Waals surface area contributed by atoms with Crippen LogP contribution in [-0.2, 0) is 4.79 Å². The number of hydrogen-bond donors (Lipinski definition) is 3. The minimum atomic E-state index is -0.464. The van der Waals surface area contributed by atoms with E-state index in [2.05, 4.69) is 20.5 Å². The van der Waals surface area contributed by atoms with E-state index in [-0.39, 0.29) is 5.91 Å². The van der Waals surface area contributed by atoms with Gasteiger partial charge in [0.15, 0.2) is 0 Å². The fourth-order valence-electron chi connectivity index (χ4n) is 4.09. The maximum atomic E-state index is 12.7. The van der Waals surface area contributed by atoms with Crippen molar-refractivity contribution in [3.63, 3.8) is 0 Å². The summed E-state index contributed by atoms with van der Waals surface area (Å²) in [6.45, 7) is 3.87. The van der Waals surface area contributed by atoms with Gasteiger partial charge in [-0.15, -0.1) is 0 Å². The van der Waals surface area contributed by atoms with Crippen LogP contribution in [0.1, 0.15) is 37.1 Å². The molecule has 7 nitrogen and oxygen atoms in total. The number of carbonyl (C=O) groups excluding carboxylic acids is 1. The van der Waals surface area contributed by atoms with E-state index in [9.17, 15) is 4.79 Å². The Balaban J connectivity index is 1.53. The summed E-state index contributed by atoms with van der Waals surface area (Å²) < 4.78 is 5.52. The van der Waals surface area contributed by atoms with E-state index in [1.165, 1.54) is 25.7 Å². The molecule has 1 atom stereocenters. The molecule has 2 aromatic rings. The molecule has 0 aromatic carbocycles. The Hall–Kier alpha value is -2.41. The van der Waals surface area contributed by atoms with Crippen LogP contribution >= 0.6 is 0 Å². The fraction of sp³-hybridized carbons (Fsp3) is 0.550. The highest BCUT2D eigenvalue weighted by Gasteiger charge is 2.46. The Morgan fingerprint density at radius 3 is 2.48 bits per heavy atom. The van der Waals surface area contributed by atoms with Gasteiger partial charge in [0.2, 0.25) is 5.91 Å². The van der Waals surface area contributed by atoms with Gasteiger partial charge in [0.25, 0.3) is 0 Å². The quantitative estimate of drug-likeness (QED) is 0.696. The number of H-pyrrole nitrogens is 1. The van der Waals surface area contributed by atoms with Crippen LogP contribution in [0.25, 0.3) is 11.3 Å². The summed E-state index contributed by atoms with van der Waals surface area (Å²) in [5.41, 5.74) is 10.3. The lowest BCUT2D eigenvalue weighted by Crippen LogP contribution is -2.43. The number of hydrogen-bond acceptors (Lipinski definition) is 5. The van der Waals surface area contributed by atoms with Crippen LogP contribution in [-0.4, -0.2) is 34.2 Å². The molecule has 27 heavy (non-hydrogen) atoms. The molecule has 1 amide bonds. The van der Waals surface area contributed by atoms with E-state index in [1.807, 2.05) is 13.8 Å². The van der Waals surface area contributed by atoms with Crippen molar-refractivity contribution in [3.8, 4) is 17.0 Å². The zero-order valence-corrected chi connectivity index (χ0v) is 16.1. The van der Waals surface area contributed by atoms with Crippen molar-refractivity contribution in [2.24, 2.45) is 23.5 Å². The van der Waals surface area contributed by atoms with Crippen LogP contribution in [0.2, 0.25) is 0 Å². The number of nitrogens with zero attached hydrogens (tertiary/aromatic N) is 2. The Labute approximate surface area is 159 Å². The Kier molecular flexibility index (Phi) is 4.63. The summed E-state index contributed by atoms with van der Waals surface area (Å²) in [4.78, 5) is 17.2. The molecule has 0 aliphatic heterocycles. The number of amides is 1. The maximum Gasteiger partial charge on any atom is 0.241 e. The van der Waals surface area contributed by atoms with Crippen molar-refractivity contribution in [3.05, 3.63) is 23.7 Å². The second kappa shape index (κ2) is 6.96. The van der Waals surface area contributed by atoms with Crippen LogP contribution in [0.3, 0.4) is 0 Å². The third-order valence-electron chi connectivity index (χ3n) is 5.76. The van der Waals surface area contributed by atoms with Crippen LogP contribution in [0.15, 0.2) is 12.3 Å². The number of methoxy groups -OCH3 is 1. The number of anilines is 1. The first-order valence-electron chi connectivity index (χ1n) is 9.62. The van der Waals surface area contributed by atoms with Gasteiger partial charge in [-0.2, -0.15) is 5.10 Å². The van der Waals surface area contributed by atoms with E-state index in [0.717, 1.165) is 17.0 Å². The topological polar surface area (TPSA) is 106 Å². The molecule has 2 aliphatic rings. The lowest BCUT2D eigenvalue weighted by atomic mass is 9.89. The fourth-order valence-corrected chi connectivity index (χ4v) is 4.09. The molecule has 144 valence electrons. The lowest BCUT2D eigenvalue weighted by molar-refractivity contribution is -0.118. The normalized spacial score (nSPS) is 17.8. The van der Waals surface area contributed by atoms with Crippen molar-refractivity contribution >= 4 is 11.6 Å². The van der Waals surface area contributed by atoms with Crippen molar-refractivity contribution < 1.29 is 9.53 Å². The predicted octanol–water partition coefficient (Wildman–Crippen LogP) is 2.80. The number of rotatable bonds is 7. The SMILES string of the molecule is COc1cc(NC(=O)[C@@H](N)C(C2CC2)C2CC2)cnc1-c1c(C)n[nH]c1C. The van der Waals surface area contributed by atoms with Crippen LogP contribution in [0.5, 0.6) is 5.75 Å². The number of aromatic amines is 1. The minimum absolute atomic E-state index is 0.133. The van der Waals surface area contributed by atoms with Gasteiger partial charge in [0.05, 0.1) is 30.7 Å². The summed E-state index contributed by atoms with van der Waals surface area (Å²) >= 11 is 0. The minimum Gasteiger partial charge on any atom is -0.494 e. The molecule has 0 bridgehead atoms. The average Bonchev–Trinajstić information content (AvgIpc) is 3.57. The van der Waals surface area contributed by atoms with E-state index in [4.69, 9.17) is 10.5 Å². The lowest BCUT2D eigenvalue weighted by Gasteiger charge is -2.23. The number of nitrogens with two attached hydrogens (primary N) is 1. The summed E-state index contributed by atoms with van der Waals surface area (Å²) in [7, 11) is 1.60. The molecule has 0 radical (unpaired) electrons. The third kappa shape index (κ3) is 3.56. The molecular formula is C20H27N5O2. The molecule has 2 aliphatic carbocycles. The van der Waals surface area contributed by atoms with Crippen LogP contribution < -0.4 is 15.8 Å². The first-order valence-corrected chi connectivity index (χ1v) is 9.62. The van der Waals surface area contributed by atoms with E-state index in [0.29, 0.717) is 34.9 Å². The molecule has 2 saturated carbocycles. The zero-order chi connectivity index (χ0) is 19.1. The summed E-state index contributed by atoms with van der Waals surface area (Å²) in [6.07, 6.45) is 6.47. The Morgan fingerprint density at radius 1 is 1.30 bits per heavy atom. The molecule has 4 N–H and O–H groups in total. The highest BCUT2D eigenvalue weighted by atomic mass is 16.5. The van der Waals surface area contributed by atoms with Crippen LogP contribution in [0, 0.1) is 31.6 Å². The smallest absolute Gasteiger partial charge is 0.241 e. The van der Waals surface area contributed by atoms with Crippen molar-refractivity contribution in [1.29, 1.82) is 0 Å². The van der Waals surface area contributed by atoms with Crippen molar-refractivity contribution in [1.82, 2.24) is 15.2 Å². The second-order valence-corrected chi connectivity index (χ2v) is 7.85. The molecule has 2 aromatic heterocycles. The first kappa shape index (κ1) is 18.0. The molecule has 7 heteroatoms. The van der Waals surface area contributed by atoms with E-state index in [1.54, 1.807) is 19.4 Å². The molecule has 2 fully saturated rings. The summed E-state index contributed by atoms with van der Waals surface area (Å²) in [5, 5.41) is 10.1. The number of aryl methyl sites for hydroxylation is 2. The Morgan fingerprint density at radius 2 is 1.96 bits per heavy atom. The average molecular weight is 369 g/mol. The monoisotopic (exact) mass is 369 g/mol. The van der Waals surface area contributed by atoms with Gasteiger partial charge >= 0.3 is 0 Å². The van der Waals surface area contributed by atoms with Gasteiger partial charge in [-0.3, -0.25) is 14.9 Å². The van der Waals surface area contributed by atoms with E-state index < -0.39 is 6.04 Å². The largest absolute Gasteiger partial charge is 0.494 e. The number of aromatic nitrogens is 3. The summed E-state index contributed by atoms with van der Waals surface area (Å²) in [5.74, 6) is 2.02. The second-order valence-electron chi connectivity index (χ2n) is 7.85. The number of pyridine rings is 1. The van der Waals surface area contributed by atoms with Crippen molar-refractivity contribution in [2.75, 3.05) is 12.4 Å². The molecular weight excluding hydrogens is 342 g/mol. The van der Waals surface area contributed by atoms with E-state index >= 15 is 0 Å². The highest BCUT2D eigenvalue weighted by Crippen LogP contribution is 2.50. The number of carbonyl (C=O) groups is 1. The van der Waals surface area contributed by atoms with Gasteiger partial charge in [-0.1, -0.05) is 0 Å². The molecule has 0 spiro atoms. The summed E-state index contributed by atoms with van der Waals surface area (Å²) in [6, 6.07) is 1.33. The molecule has 4 rings (SSSR count). The van der Waals surface area contributed by atoms with Gasteiger partial charge in [-0.05, 0) is 57.3 Å². The predicted molar refractivity (Wildman–Crippen MR) is 103 cm³/mol. The number of nitrogens with one attached hydrogen (secondary N) is 2. The molecule has 0 unspecified atom stereocenters. The van der Waals surface area contributed by atoms with Gasteiger partial charge in [0.1, 0.15) is 11.4 Å². The zero-order valence-electron chi connectivity index (χ0n) is 16.1. The third-order valence-corrected chi connectivity index (χ3v) is 5.76. The van der Waals surface area contributed by atoms with Gasteiger partial charge in [-0.25, -0.2) is 0 Å². The highest BCUT2D eigenvalue weighted by molar-refractivity contribution is 5.95.